The second-order valence-corrected chi connectivity index (χ2v) is 5.07. The lowest BCUT2D eigenvalue weighted by Crippen LogP contribution is -2.13. The first kappa shape index (κ1) is 13.9. The van der Waals surface area contributed by atoms with E-state index in [4.69, 9.17) is 11.5 Å². The molecule has 20 heavy (non-hydrogen) atoms. The van der Waals surface area contributed by atoms with Gasteiger partial charge in [-0.25, -0.2) is 0 Å². The molecular weight excluding hydrogens is 250 g/mol. The maximum absolute atomic E-state index is 12.2. The number of amides is 1. The Labute approximate surface area is 118 Å². The van der Waals surface area contributed by atoms with Crippen LogP contribution in [0.5, 0.6) is 0 Å². The van der Waals surface area contributed by atoms with E-state index in [1.165, 1.54) is 0 Å². The third-order valence-electron chi connectivity index (χ3n) is 3.14. The molecule has 2 aromatic carbocycles. The number of nitrogens with one attached hydrogen (secondary N) is 1. The van der Waals surface area contributed by atoms with Crippen LogP contribution in [0.2, 0.25) is 0 Å². The van der Waals surface area contributed by atoms with Gasteiger partial charge in [-0.15, -0.1) is 0 Å². The first-order valence-electron chi connectivity index (χ1n) is 6.53. The summed E-state index contributed by atoms with van der Waals surface area (Å²) in [6, 6.07) is 12.4. The topological polar surface area (TPSA) is 81.1 Å². The van der Waals surface area contributed by atoms with Crippen LogP contribution in [0.1, 0.15) is 35.7 Å². The number of carbonyl (C=O) groups excluding carboxylic acids is 1. The molecule has 2 rings (SSSR count). The summed E-state index contributed by atoms with van der Waals surface area (Å²) in [7, 11) is 0. The van der Waals surface area contributed by atoms with Crippen molar-refractivity contribution in [1.29, 1.82) is 0 Å². The number of benzene rings is 2. The molecule has 4 nitrogen and oxygen atoms in total. The third kappa shape index (κ3) is 3.09. The van der Waals surface area contributed by atoms with Crippen LogP contribution in [0, 0.1) is 0 Å². The number of carbonyl (C=O) groups is 1. The Bertz CT molecular complexity index is 618. The summed E-state index contributed by atoms with van der Waals surface area (Å²) in [4.78, 5) is 12.2. The fraction of sp³-hybridized carbons (Fsp3) is 0.188. The summed E-state index contributed by atoms with van der Waals surface area (Å²) >= 11 is 0. The van der Waals surface area contributed by atoms with Crippen LogP contribution < -0.4 is 16.8 Å². The number of nitrogen functional groups attached to an aromatic ring is 2. The SMILES string of the molecule is CC(C)c1cc(C(=O)Nc2ccc(N)cc2)ccc1N. The molecule has 0 radical (unpaired) electrons. The van der Waals surface area contributed by atoms with Gasteiger partial charge in [-0.05, 0) is 53.9 Å². The van der Waals surface area contributed by atoms with Crippen molar-refractivity contribution in [1.82, 2.24) is 0 Å². The molecule has 5 N–H and O–H groups in total. The quantitative estimate of drug-likeness (QED) is 0.748. The second kappa shape index (κ2) is 5.65. The lowest BCUT2D eigenvalue weighted by atomic mass is 9.98. The lowest BCUT2D eigenvalue weighted by Gasteiger charge is -2.12. The van der Waals surface area contributed by atoms with Crippen molar-refractivity contribution in [3.8, 4) is 0 Å². The van der Waals surface area contributed by atoms with Crippen LogP contribution in [0.4, 0.5) is 17.1 Å². The standard InChI is InChI=1S/C16H19N3O/c1-10(2)14-9-11(3-8-15(14)18)16(20)19-13-6-4-12(17)5-7-13/h3-10H,17-18H2,1-2H3,(H,19,20). The molecule has 0 atom stereocenters. The predicted octanol–water partition coefficient (Wildman–Crippen LogP) is 3.23. The van der Waals surface area contributed by atoms with Gasteiger partial charge in [0.25, 0.3) is 5.91 Å². The van der Waals surface area contributed by atoms with E-state index in [1.54, 1.807) is 36.4 Å². The Morgan fingerprint density at radius 3 is 2.30 bits per heavy atom. The number of anilines is 3. The molecule has 0 aliphatic carbocycles. The van der Waals surface area contributed by atoms with Crippen molar-refractivity contribution in [2.24, 2.45) is 0 Å². The van der Waals surface area contributed by atoms with Crippen molar-refractivity contribution < 1.29 is 4.79 Å². The van der Waals surface area contributed by atoms with Crippen molar-refractivity contribution in [3.63, 3.8) is 0 Å². The van der Waals surface area contributed by atoms with E-state index in [0.717, 1.165) is 5.56 Å². The lowest BCUT2D eigenvalue weighted by molar-refractivity contribution is 0.102. The van der Waals surface area contributed by atoms with Crippen LogP contribution in [0.15, 0.2) is 42.5 Å². The molecule has 0 spiro atoms. The summed E-state index contributed by atoms with van der Waals surface area (Å²) in [5.74, 6) is 0.121. The highest BCUT2D eigenvalue weighted by atomic mass is 16.1. The Kier molecular flexibility index (Phi) is 3.94. The Hall–Kier alpha value is -2.49. The summed E-state index contributed by atoms with van der Waals surface area (Å²) in [5.41, 5.74) is 15.2. The maximum Gasteiger partial charge on any atom is 0.255 e. The molecule has 0 fully saturated rings. The highest BCUT2D eigenvalue weighted by Crippen LogP contribution is 2.23. The highest BCUT2D eigenvalue weighted by Gasteiger charge is 2.10. The van der Waals surface area contributed by atoms with Crippen molar-refractivity contribution in [3.05, 3.63) is 53.6 Å². The Balaban J connectivity index is 2.21. The van der Waals surface area contributed by atoms with Crippen molar-refractivity contribution in [2.45, 2.75) is 19.8 Å². The fourth-order valence-electron chi connectivity index (χ4n) is 1.99. The minimum Gasteiger partial charge on any atom is -0.399 e. The van der Waals surface area contributed by atoms with Crippen LogP contribution in [-0.2, 0) is 0 Å². The van der Waals surface area contributed by atoms with Crippen LogP contribution in [0.3, 0.4) is 0 Å². The van der Waals surface area contributed by atoms with Gasteiger partial charge in [0, 0.05) is 22.6 Å². The van der Waals surface area contributed by atoms with E-state index in [0.29, 0.717) is 22.6 Å². The summed E-state index contributed by atoms with van der Waals surface area (Å²) in [5, 5.41) is 2.84. The van der Waals surface area contributed by atoms with Crippen LogP contribution in [0.25, 0.3) is 0 Å². The fourth-order valence-corrected chi connectivity index (χ4v) is 1.99. The van der Waals surface area contributed by atoms with Gasteiger partial charge in [0.2, 0.25) is 0 Å². The van der Waals surface area contributed by atoms with E-state index in [1.807, 2.05) is 19.9 Å². The van der Waals surface area contributed by atoms with E-state index in [-0.39, 0.29) is 11.8 Å². The average molecular weight is 269 g/mol. The van der Waals surface area contributed by atoms with Crippen LogP contribution >= 0.6 is 0 Å². The van der Waals surface area contributed by atoms with Crippen molar-refractivity contribution >= 4 is 23.0 Å². The van der Waals surface area contributed by atoms with Gasteiger partial charge < -0.3 is 16.8 Å². The zero-order valence-electron chi connectivity index (χ0n) is 11.7. The molecule has 0 aromatic heterocycles. The van der Waals surface area contributed by atoms with E-state index in [2.05, 4.69) is 5.32 Å². The Morgan fingerprint density at radius 2 is 1.70 bits per heavy atom. The highest BCUT2D eigenvalue weighted by molar-refractivity contribution is 6.04. The number of hydrogen-bond donors (Lipinski definition) is 3. The summed E-state index contributed by atoms with van der Waals surface area (Å²) in [6.07, 6.45) is 0. The zero-order valence-corrected chi connectivity index (χ0v) is 11.7. The Morgan fingerprint density at radius 1 is 1.05 bits per heavy atom. The van der Waals surface area contributed by atoms with Gasteiger partial charge in [-0.1, -0.05) is 13.8 Å². The maximum atomic E-state index is 12.2. The monoisotopic (exact) mass is 269 g/mol. The van der Waals surface area contributed by atoms with Gasteiger partial charge in [0.1, 0.15) is 0 Å². The molecular formula is C16H19N3O. The molecule has 4 heteroatoms. The molecule has 2 aromatic rings. The predicted molar refractivity (Wildman–Crippen MR) is 83.8 cm³/mol. The van der Waals surface area contributed by atoms with Gasteiger partial charge in [0.05, 0.1) is 0 Å². The largest absolute Gasteiger partial charge is 0.399 e. The van der Waals surface area contributed by atoms with Crippen LogP contribution in [-0.4, -0.2) is 5.91 Å². The first-order valence-corrected chi connectivity index (χ1v) is 6.53. The molecule has 0 bridgehead atoms. The molecule has 0 aliphatic rings. The number of nitrogens with two attached hydrogens (primary N) is 2. The molecule has 0 unspecified atom stereocenters. The van der Waals surface area contributed by atoms with E-state index >= 15 is 0 Å². The van der Waals surface area contributed by atoms with Gasteiger partial charge >= 0.3 is 0 Å². The smallest absolute Gasteiger partial charge is 0.255 e. The normalized spacial score (nSPS) is 10.6. The summed E-state index contributed by atoms with van der Waals surface area (Å²) in [6.45, 7) is 4.10. The third-order valence-corrected chi connectivity index (χ3v) is 3.14. The van der Waals surface area contributed by atoms with Gasteiger partial charge in [-0.2, -0.15) is 0 Å². The molecule has 0 aliphatic heterocycles. The average Bonchev–Trinajstić information content (AvgIpc) is 2.41. The minimum absolute atomic E-state index is 0.156. The van der Waals surface area contributed by atoms with Gasteiger partial charge in [-0.3, -0.25) is 4.79 Å². The molecule has 1 amide bonds. The second-order valence-electron chi connectivity index (χ2n) is 5.07. The molecule has 0 heterocycles. The van der Waals surface area contributed by atoms with E-state index < -0.39 is 0 Å². The molecule has 0 saturated heterocycles. The summed E-state index contributed by atoms with van der Waals surface area (Å²) < 4.78 is 0. The first-order chi connectivity index (χ1) is 9.47. The molecule has 0 saturated carbocycles. The van der Waals surface area contributed by atoms with E-state index in [9.17, 15) is 4.79 Å². The number of hydrogen-bond acceptors (Lipinski definition) is 3. The van der Waals surface area contributed by atoms with Gasteiger partial charge in [0.15, 0.2) is 0 Å². The van der Waals surface area contributed by atoms with Crippen molar-refractivity contribution in [2.75, 3.05) is 16.8 Å². The minimum atomic E-state index is -0.156. The molecule has 104 valence electrons. The zero-order chi connectivity index (χ0) is 14.7. The number of rotatable bonds is 3.